The van der Waals surface area contributed by atoms with Crippen LogP contribution in [-0.4, -0.2) is 33.3 Å². The lowest BCUT2D eigenvalue weighted by atomic mass is 9.86. The average molecular weight is 237 g/mol. The Hall–Kier alpha value is -0.875. The molecule has 1 aromatic heterocycles. The van der Waals surface area contributed by atoms with E-state index in [-0.39, 0.29) is 11.2 Å². The maximum Gasteiger partial charge on any atom is 0.518 e. The van der Waals surface area contributed by atoms with Crippen LogP contribution in [0.3, 0.4) is 0 Å². The van der Waals surface area contributed by atoms with Gasteiger partial charge >= 0.3 is 7.12 Å². The van der Waals surface area contributed by atoms with Crippen molar-refractivity contribution in [1.82, 2.24) is 15.0 Å². The Bertz CT molecular complexity index is 387. The second-order valence-corrected chi connectivity index (χ2v) is 5.45. The van der Waals surface area contributed by atoms with E-state index in [0.29, 0.717) is 0 Å². The Kier molecular flexibility index (Phi) is 3.03. The van der Waals surface area contributed by atoms with Gasteiger partial charge in [-0.3, -0.25) is 0 Å². The summed E-state index contributed by atoms with van der Waals surface area (Å²) in [6.45, 7) is 11.0. The largest absolute Gasteiger partial charge is 0.518 e. The highest BCUT2D eigenvalue weighted by molar-refractivity contribution is 6.61. The number of aromatic nitrogens is 3. The summed E-state index contributed by atoms with van der Waals surface area (Å²) in [4.78, 5) is 1.68. The number of aryl methyl sites for hydroxylation is 1. The van der Waals surface area contributed by atoms with Crippen molar-refractivity contribution >= 4 is 12.7 Å². The van der Waals surface area contributed by atoms with Crippen LogP contribution in [0.2, 0.25) is 0 Å². The first-order chi connectivity index (χ1) is 7.86. The maximum atomic E-state index is 5.90. The molecule has 1 fully saturated rings. The normalized spacial score (nSPS) is 22.1. The van der Waals surface area contributed by atoms with E-state index in [2.05, 4.69) is 17.1 Å². The van der Waals surface area contributed by atoms with E-state index < -0.39 is 7.12 Å². The second-order valence-electron chi connectivity index (χ2n) is 5.45. The van der Waals surface area contributed by atoms with E-state index >= 15 is 0 Å². The Morgan fingerprint density at radius 3 is 2.35 bits per heavy atom. The fraction of sp³-hybridized carbons (Fsp3) is 0.818. The zero-order valence-corrected chi connectivity index (χ0v) is 11.2. The Morgan fingerprint density at radius 1 is 1.24 bits per heavy atom. The number of nitrogens with zero attached hydrogens (tertiary/aromatic N) is 3. The summed E-state index contributed by atoms with van der Waals surface area (Å²) in [6.07, 6.45) is 2.73. The van der Waals surface area contributed by atoms with Crippen LogP contribution < -0.4 is 5.59 Å². The summed E-state index contributed by atoms with van der Waals surface area (Å²) in [5, 5.41) is 8.56. The van der Waals surface area contributed by atoms with Crippen molar-refractivity contribution < 1.29 is 9.31 Å². The quantitative estimate of drug-likeness (QED) is 0.735. The first-order valence-electron chi connectivity index (χ1n) is 6.11. The lowest BCUT2D eigenvalue weighted by Crippen LogP contribution is -2.41. The molecule has 6 heteroatoms. The summed E-state index contributed by atoms with van der Waals surface area (Å²) in [5.41, 5.74) is 0.0930. The van der Waals surface area contributed by atoms with Crippen molar-refractivity contribution in [2.24, 2.45) is 0 Å². The first-order valence-corrected chi connectivity index (χ1v) is 6.11. The van der Waals surface area contributed by atoms with E-state index in [1.54, 1.807) is 11.0 Å². The highest BCUT2D eigenvalue weighted by Gasteiger charge is 2.52. The van der Waals surface area contributed by atoms with E-state index in [4.69, 9.17) is 9.31 Å². The lowest BCUT2D eigenvalue weighted by Gasteiger charge is -2.32. The van der Waals surface area contributed by atoms with Gasteiger partial charge < -0.3 is 9.31 Å². The van der Waals surface area contributed by atoms with Crippen LogP contribution in [0.5, 0.6) is 0 Å². The molecule has 1 saturated heterocycles. The number of hydrogen-bond acceptors (Lipinski definition) is 4. The highest BCUT2D eigenvalue weighted by atomic mass is 16.7. The fourth-order valence-electron chi connectivity index (χ4n) is 1.69. The molecule has 0 unspecified atom stereocenters. The van der Waals surface area contributed by atoms with Crippen molar-refractivity contribution in [2.75, 3.05) is 0 Å². The van der Waals surface area contributed by atoms with Gasteiger partial charge in [-0.15, -0.1) is 0 Å². The summed E-state index contributed by atoms with van der Waals surface area (Å²) >= 11 is 0. The zero-order chi connectivity index (χ0) is 12.7. The third kappa shape index (κ3) is 2.24. The van der Waals surface area contributed by atoms with Crippen LogP contribution >= 0.6 is 0 Å². The molecule has 2 rings (SSSR count). The number of hydrogen-bond donors (Lipinski definition) is 0. The third-order valence-electron chi connectivity index (χ3n) is 3.47. The Labute approximate surface area is 103 Å². The summed E-state index contributed by atoms with van der Waals surface area (Å²) in [5.74, 6) is 0. The van der Waals surface area contributed by atoms with Crippen LogP contribution in [0, 0.1) is 0 Å². The standard InChI is InChI=1S/C11H20BN3O2/c1-6-7-15-13-8-9(14-15)12-16-10(2,3)11(4,5)17-12/h8H,6-7H2,1-5H3. The second kappa shape index (κ2) is 4.10. The molecule has 2 heterocycles. The highest BCUT2D eigenvalue weighted by Crippen LogP contribution is 2.36. The van der Waals surface area contributed by atoms with Crippen molar-refractivity contribution in [3.8, 4) is 0 Å². The molecular weight excluding hydrogens is 217 g/mol. The minimum Gasteiger partial charge on any atom is -0.398 e. The van der Waals surface area contributed by atoms with Gasteiger partial charge in [-0.1, -0.05) is 6.92 Å². The molecule has 0 bridgehead atoms. The Balaban J connectivity index is 2.14. The molecule has 0 aliphatic carbocycles. The monoisotopic (exact) mass is 237 g/mol. The molecule has 0 spiro atoms. The van der Waals surface area contributed by atoms with Gasteiger partial charge in [-0.25, -0.2) is 0 Å². The smallest absolute Gasteiger partial charge is 0.398 e. The molecule has 1 aliphatic rings. The average Bonchev–Trinajstić information content (AvgIpc) is 2.71. The van der Waals surface area contributed by atoms with Gasteiger partial charge in [0, 0.05) is 0 Å². The molecule has 0 N–H and O–H groups in total. The summed E-state index contributed by atoms with van der Waals surface area (Å²) < 4.78 is 11.8. The molecule has 0 radical (unpaired) electrons. The fourth-order valence-corrected chi connectivity index (χ4v) is 1.69. The van der Waals surface area contributed by atoms with Gasteiger partial charge in [0.2, 0.25) is 0 Å². The third-order valence-corrected chi connectivity index (χ3v) is 3.47. The molecule has 5 nitrogen and oxygen atoms in total. The minimum absolute atomic E-state index is 0.327. The van der Waals surface area contributed by atoms with E-state index in [1.807, 2.05) is 27.7 Å². The van der Waals surface area contributed by atoms with E-state index in [1.165, 1.54) is 0 Å². The topological polar surface area (TPSA) is 49.2 Å². The van der Waals surface area contributed by atoms with E-state index in [0.717, 1.165) is 18.6 Å². The molecule has 0 aromatic carbocycles. The molecule has 0 atom stereocenters. The summed E-state index contributed by atoms with van der Waals surface area (Å²) in [7, 11) is -0.411. The lowest BCUT2D eigenvalue weighted by molar-refractivity contribution is 0.00578. The van der Waals surface area contributed by atoms with Crippen LogP contribution in [0.15, 0.2) is 6.20 Å². The molecule has 17 heavy (non-hydrogen) atoms. The van der Waals surface area contributed by atoms with Crippen LogP contribution in [0.1, 0.15) is 41.0 Å². The molecule has 1 aromatic rings. The van der Waals surface area contributed by atoms with Gasteiger partial charge in [-0.2, -0.15) is 15.0 Å². The predicted molar refractivity (Wildman–Crippen MR) is 66.0 cm³/mol. The Morgan fingerprint density at radius 2 is 1.82 bits per heavy atom. The summed E-state index contributed by atoms with van der Waals surface area (Å²) in [6, 6.07) is 0. The van der Waals surface area contributed by atoms with Crippen molar-refractivity contribution in [1.29, 1.82) is 0 Å². The minimum atomic E-state index is -0.411. The molecule has 94 valence electrons. The van der Waals surface area contributed by atoms with Crippen molar-refractivity contribution in [3.63, 3.8) is 0 Å². The molecule has 0 amide bonds. The van der Waals surface area contributed by atoms with Crippen LogP contribution in [-0.2, 0) is 15.9 Å². The van der Waals surface area contributed by atoms with Gasteiger partial charge in [0.15, 0.2) is 0 Å². The van der Waals surface area contributed by atoms with Crippen molar-refractivity contribution in [3.05, 3.63) is 6.20 Å². The van der Waals surface area contributed by atoms with Crippen molar-refractivity contribution in [2.45, 2.75) is 58.8 Å². The SMILES string of the molecule is CCCn1ncc(B2OC(C)(C)C(C)(C)O2)n1. The molecule has 0 saturated carbocycles. The maximum absolute atomic E-state index is 5.90. The van der Waals surface area contributed by atoms with Gasteiger partial charge in [-0.05, 0) is 34.1 Å². The number of rotatable bonds is 3. The van der Waals surface area contributed by atoms with Crippen LogP contribution in [0.25, 0.3) is 0 Å². The predicted octanol–water partition coefficient (Wildman–Crippen LogP) is 0.987. The van der Waals surface area contributed by atoms with E-state index in [9.17, 15) is 0 Å². The first kappa shape index (κ1) is 12.6. The molecular formula is C11H20BN3O2. The van der Waals surface area contributed by atoms with Gasteiger partial charge in [0.1, 0.15) is 5.59 Å². The molecule has 1 aliphatic heterocycles. The van der Waals surface area contributed by atoms with Crippen LogP contribution in [0.4, 0.5) is 0 Å². The van der Waals surface area contributed by atoms with Gasteiger partial charge in [0.25, 0.3) is 0 Å². The van der Waals surface area contributed by atoms with Gasteiger partial charge in [0.05, 0.1) is 23.9 Å². The zero-order valence-electron chi connectivity index (χ0n) is 11.2.